The minimum atomic E-state index is -10.7. The van der Waals surface area contributed by atoms with Crippen LogP contribution in [0.15, 0.2) is 0 Å². The van der Waals surface area contributed by atoms with Gasteiger partial charge >= 0.3 is 33.0 Å². The molecular formula is C12H24ClF6N3P2. The Kier molecular flexibility index (Phi) is 6.08. The van der Waals surface area contributed by atoms with Crippen molar-refractivity contribution in [3.05, 3.63) is 0 Å². The van der Waals surface area contributed by atoms with E-state index in [9.17, 15) is 25.2 Å². The number of nitrogens with zero attached hydrogens (tertiary/aromatic N) is 3. The van der Waals surface area contributed by atoms with Crippen LogP contribution in [0.5, 0.6) is 0 Å². The van der Waals surface area contributed by atoms with Crippen LogP contribution in [-0.2, 0) is 0 Å². The molecule has 3 fully saturated rings. The average Bonchev–Trinajstić information content (AvgIpc) is 3.11. The monoisotopic (exact) mass is 421 g/mol. The van der Waals surface area contributed by atoms with Crippen LogP contribution < -0.4 is 0 Å². The first-order chi connectivity index (χ1) is 10.8. The fourth-order valence-corrected chi connectivity index (χ4v) is 7.16. The van der Waals surface area contributed by atoms with Gasteiger partial charge in [0.25, 0.3) is 0 Å². The molecule has 1 unspecified atom stereocenters. The summed E-state index contributed by atoms with van der Waals surface area (Å²) in [6.07, 6.45) is 8.05. The maximum absolute atomic E-state index is 10.7. The summed E-state index contributed by atoms with van der Waals surface area (Å²) in [5.41, 5.74) is 0.310. The van der Waals surface area contributed by atoms with Crippen molar-refractivity contribution in [1.29, 1.82) is 0 Å². The van der Waals surface area contributed by atoms with Gasteiger partial charge in [-0.2, -0.15) is 9.34 Å². The third kappa shape index (κ3) is 7.88. The van der Waals surface area contributed by atoms with Crippen molar-refractivity contribution in [1.82, 2.24) is 14.0 Å². The molecule has 3 saturated heterocycles. The van der Waals surface area contributed by atoms with Gasteiger partial charge in [-0.05, 0) is 38.5 Å². The van der Waals surface area contributed by atoms with E-state index < -0.39 is 16.2 Å². The van der Waals surface area contributed by atoms with E-state index in [1.807, 2.05) is 0 Å². The fraction of sp³-hybridized carbons (Fsp3) is 1.00. The SMILES string of the molecule is ClC1CCCN1[PH+](N1CCCC1)N1CCCC1.F[P-](F)(F)(F)(F)F. The van der Waals surface area contributed by atoms with Crippen LogP contribution in [0.2, 0.25) is 0 Å². The van der Waals surface area contributed by atoms with Gasteiger partial charge in [0.1, 0.15) is 5.50 Å². The van der Waals surface area contributed by atoms with E-state index in [-0.39, 0.29) is 0 Å². The molecule has 3 aliphatic heterocycles. The second-order valence-electron chi connectivity index (χ2n) is 6.42. The first kappa shape index (κ1) is 20.9. The number of hydrogen-bond donors (Lipinski definition) is 0. The summed E-state index contributed by atoms with van der Waals surface area (Å²) in [5.74, 6) is 0. The van der Waals surface area contributed by atoms with E-state index in [0.29, 0.717) is 5.50 Å². The summed E-state index contributed by atoms with van der Waals surface area (Å²) >= 11 is 6.53. The average molecular weight is 422 g/mol. The van der Waals surface area contributed by atoms with E-state index in [1.54, 1.807) is 0 Å². The van der Waals surface area contributed by atoms with Gasteiger partial charge in [0, 0.05) is 32.7 Å². The van der Waals surface area contributed by atoms with E-state index in [4.69, 9.17) is 11.6 Å². The summed E-state index contributed by atoms with van der Waals surface area (Å²) in [6, 6.07) is 0. The first-order valence-corrected chi connectivity index (χ1v) is 12.0. The van der Waals surface area contributed by atoms with E-state index >= 15 is 0 Å². The molecule has 1 atom stereocenters. The molecule has 146 valence electrons. The number of alkyl halides is 1. The van der Waals surface area contributed by atoms with Gasteiger partial charge in [-0.25, -0.2) is 0 Å². The van der Waals surface area contributed by atoms with Crippen LogP contribution in [0.4, 0.5) is 25.2 Å². The predicted octanol–water partition coefficient (Wildman–Crippen LogP) is 6.18. The molecular weight excluding hydrogens is 398 g/mol. The Labute approximate surface area is 144 Å². The summed E-state index contributed by atoms with van der Waals surface area (Å²) in [4.78, 5) is 0. The Bertz CT molecular complexity index is 397. The van der Waals surface area contributed by atoms with Crippen molar-refractivity contribution in [2.45, 2.75) is 44.0 Å². The van der Waals surface area contributed by atoms with Crippen LogP contribution in [-0.4, -0.2) is 52.2 Å². The summed E-state index contributed by atoms with van der Waals surface area (Å²) in [7, 11) is -11.3. The number of hydrogen-bond acceptors (Lipinski definition) is 3. The van der Waals surface area contributed by atoms with E-state index in [2.05, 4.69) is 14.0 Å². The molecule has 3 heterocycles. The molecule has 0 aliphatic carbocycles. The second-order valence-corrected chi connectivity index (χ2v) is 11.3. The molecule has 24 heavy (non-hydrogen) atoms. The van der Waals surface area contributed by atoms with Gasteiger partial charge in [-0.1, -0.05) is 0 Å². The zero-order chi connectivity index (χ0) is 18.1. The molecule has 3 aliphatic rings. The topological polar surface area (TPSA) is 9.72 Å². The molecule has 0 spiro atoms. The van der Waals surface area contributed by atoms with Gasteiger partial charge in [0.05, 0.1) is 0 Å². The second kappa shape index (κ2) is 6.97. The molecule has 0 N–H and O–H groups in total. The van der Waals surface area contributed by atoms with Crippen LogP contribution in [0, 0.1) is 0 Å². The van der Waals surface area contributed by atoms with Gasteiger partial charge in [0.15, 0.2) is 0 Å². The van der Waals surface area contributed by atoms with Crippen molar-refractivity contribution in [2.24, 2.45) is 0 Å². The van der Waals surface area contributed by atoms with Crippen molar-refractivity contribution >= 4 is 27.8 Å². The van der Waals surface area contributed by atoms with Gasteiger partial charge in [-0.15, -0.1) is 16.3 Å². The molecule has 0 aromatic rings. The molecule has 3 rings (SSSR count). The Morgan fingerprint density at radius 3 is 1.38 bits per heavy atom. The predicted molar refractivity (Wildman–Crippen MR) is 89.1 cm³/mol. The first-order valence-electron chi connectivity index (χ1n) is 8.15. The van der Waals surface area contributed by atoms with E-state index in [1.165, 1.54) is 71.2 Å². The Morgan fingerprint density at radius 1 is 0.708 bits per heavy atom. The van der Waals surface area contributed by atoms with Gasteiger partial charge in [0.2, 0.25) is 8.37 Å². The zero-order valence-corrected chi connectivity index (χ0v) is 15.9. The van der Waals surface area contributed by atoms with Crippen molar-refractivity contribution in [3.8, 4) is 0 Å². The summed E-state index contributed by atoms with van der Waals surface area (Å²) in [6.45, 7) is 6.47. The molecule has 0 aromatic heterocycles. The van der Waals surface area contributed by atoms with Crippen molar-refractivity contribution < 1.29 is 25.2 Å². The maximum atomic E-state index is 9.87. The Balaban J connectivity index is 0.000000256. The standard InChI is InChI=1S/C12H23ClN3P.F6P/c13-12-6-5-11-16(12)17(14-7-1-2-8-14)15-9-3-4-10-15;1-7(2,3,4,5)6/h12H,1-11H2;/q;-1/p+1. The number of rotatable bonds is 3. The van der Waals surface area contributed by atoms with Crippen molar-refractivity contribution in [3.63, 3.8) is 0 Å². The van der Waals surface area contributed by atoms with Gasteiger partial charge in [-0.3, -0.25) is 0 Å². The molecule has 0 saturated carbocycles. The van der Waals surface area contributed by atoms with Crippen LogP contribution in [0.3, 0.4) is 0 Å². The summed E-state index contributed by atoms with van der Waals surface area (Å²) < 4.78 is 67.4. The molecule has 0 amide bonds. The Morgan fingerprint density at radius 2 is 1.08 bits per heavy atom. The molecule has 0 radical (unpaired) electrons. The quantitative estimate of drug-likeness (QED) is 0.233. The molecule has 0 aromatic carbocycles. The minimum absolute atomic E-state index is 0.310. The third-order valence-electron chi connectivity index (χ3n) is 4.21. The normalized spacial score (nSPS) is 30.2. The molecule has 12 heteroatoms. The fourth-order valence-electron chi connectivity index (χ4n) is 3.35. The summed E-state index contributed by atoms with van der Waals surface area (Å²) in [5, 5.41) is 0. The van der Waals surface area contributed by atoms with Crippen LogP contribution in [0.25, 0.3) is 0 Å². The van der Waals surface area contributed by atoms with E-state index in [0.717, 1.165) is 0 Å². The van der Waals surface area contributed by atoms with Crippen LogP contribution in [0.1, 0.15) is 38.5 Å². The third-order valence-corrected chi connectivity index (χ3v) is 7.91. The Hall–Kier alpha value is 0.610. The van der Waals surface area contributed by atoms with Crippen molar-refractivity contribution in [2.75, 3.05) is 32.7 Å². The van der Waals surface area contributed by atoms with Gasteiger partial charge < -0.3 is 0 Å². The zero-order valence-electron chi connectivity index (χ0n) is 13.3. The molecule has 0 bridgehead atoms. The van der Waals surface area contributed by atoms with Crippen LogP contribution >= 0.6 is 27.8 Å². The molecule has 3 nitrogen and oxygen atoms in total. The number of halogens is 7.